The van der Waals surface area contributed by atoms with E-state index in [2.05, 4.69) is 15.2 Å². The van der Waals surface area contributed by atoms with Gasteiger partial charge in [0.25, 0.3) is 0 Å². The largest absolute Gasteiger partial charge is 0.378 e. The van der Waals surface area contributed by atoms with Crippen molar-refractivity contribution < 1.29 is 13.5 Å². The topological polar surface area (TPSA) is 36.9 Å². The average molecular weight is 325 g/mol. The second-order valence-electron chi connectivity index (χ2n) is 5.57. The van der Waals surface area contributed by atoms with Crippen LogP contribution in [0.1, 0.15) is 25.3 Å². The number of ether oxygens (including phenoxy) is 1. The van der Waals surface area contributed by atoms with Crippen LogP contribution in [0.15, 0.2) is 23.2 Å². The van der Waals surface area contributed by atoms with Crippen LogP contribution in [-0.4, -0.2) is 50.3 Å². The summed E-state index contributed by atoms with van der Waals surface area (Å²) in [4.78, 5) is 6.42. The summed E-state index contributed by atoms with van der Waals surface area (Å²) >= 11 is 0. The van der Waals surface area contributed by atoms with Crippen LogP contribution in [-0.2, 0) is 11.2 Å². The molecule has 0 unspecified atom stereocenters. The van der Waals surface area contributed by atoms with E-state index < -0.39 is 11.6 Å². The van der Waals surface area contributed by atoms with Gasteiger partial charge in [-0.2, -0.15) is 0 Å². The minimum Gasteiger partial charge on any atom is -0.378 e. The molecule has 1 aliphatic heterocycles. The van der Waals surface area contributed by atoms with Crippen molar-refractivity contribution in [2.45, 2.75) is 32.3 Å². The number of guanidine groups is 1. The van der Waals surface area contributed by atoms with Crippen molar-refractivity contribution in [1.29, 1.82) is 0 Å². The predicted molar refractivity (Wildman–Crippen MR) is 87.6 cm³/mol. The highest BCUT2D eigenvalue weighted by atomic mass is 19.1. The fraction of sp³-hybridized carbons (Fsp3) is 0.588. The summed E-state index contributed by atoms with van der Waals surface area (Å²) < 4.78 is 32.8. The Hall–Kier alpha value is -1.69. The summed E-state index contributed by atoms with van der Waals surface area (Å²) in [7, 11) is 1.72. The molecule has 0 amide bonds. The molecule has 0 spiro atoms. The van der Waals surface area contributed by atoms with Gasteiger partial charge in [0, 0.05) is 38.9 Å². The van der Waals surface area contributed by atoms with Crippen molar-refractivity contribution in [2.75, 3.05) is 33.3 Å². The van der Waals surface area contributed by atoms with E-state index in [-0.39, 0.29) is 12.0 Å². The molecule has 1 heterocycles. The van der Waals surface area contributed by atoms with Crippen LogP contribution in [0.4, 0.5) is 8.78 Å². The maximum atomic E-state index is 13.6. The zero-order chi connectivity index (χ0) is 16.7. The first kappa shape index (κ1) is 17.7. The number of hydrogen-bond donors (Lipinski definition) is 1. The van der Waals surface area contributed by atoms with E-state index in [4.69, 9.17) is 4.74 Å². The molecule has 1 saturated heterocycles. The molecule has 1 aromatic rings. The van der Waals surface area contributed by atoms with Gasteiger partial charge in [-0.3, -0.25) is 4.99 Å². The van der Waals surface area contributed by atoms with E-state index in [9.17, 15) is 8.78 Å². The van der Waals surface area contributed by atoms with Gasteiger partial charge in [0.05, 0.1) is 6.10 Å². The normalized spacial score (nSPS) is 16.7. The van der Waals surface area contributed by atoms with Crippen LogP contribution >= 0.6 is 0 Å². The van der Waals surface area contributed by atoms with E-state index in [1.54, 1.807) is 7.05 Å². The van der Waals surface area contributed by atoms with E-state index in [0.717, 1.165) is 38.5 Å². The number of piperidine rings is 1. The molecule has 1 N–H and O–H groups in total. The van der Waals surface area contributed by atoms with Crippen LogP contribution in [0.25, 0.3) is 0 Å². The van der Waals surface area contributed by atoms with Gasteiger partial charge in [-0.25, -0.2) is 8.78 Å². The van der Waals surface area contributed by atoms with Crippen molar-refractivity contribution in [1.82, 2.24) is 10.2 Å². The molecule has 1 aliphatic rings. The van der Waals surface area contributed by atoms with Crippen molar-refractivity contribution in [3.63, 3.8) is 0 Å². The maximum absolute atomic E-state index is 13.6. The third-order valence-corrected chi connectivity index (χ3v) is 4.08. The van der Waals surface area contributed by atoms with Crippen LogP contribution < -0.4 is 5.32 Å². The lowest BCUT2D eigenvalue weighted by atomic mass is 10.1. The third-order valence-electron chi connectivity index (χ3n) is 4.08. The SMILES string of the molecule is CCOC1CCN(C(=NC)NCCc2c(F)cccc2F)CC1. The quantitative estimate of drug-likeness (QED) is 0.668. The first-order valence-electron chi connectivity index (χ1n) is 8.15. The fourth-order valence-electron chi connectivity index (χ4n) is 2.87. The number of likely N-dealkylation sites (tertiary alicyclic amines) is 1. The highest BCUT2D eigenvalue weighted by molar-refractivity contribution is 5.79. The molecule has 0 radical (unpaired) electrons. The second kappa shape index (κ2) is 8.82. The molecule has 2 rings (SSSR count). The molecule has 4 nitrogen and oxygen atoms in total. The van der Waals surface area contributed by atoms with Gasteiger partial charge in [0.1, 0.15) is 11.6 Å². The summed E-state index contributed by atoms with van der Waals surface area (Å²) in [5.41, 5.74) is 0.116. The van der Waals surface area contributed by atoms with E-state index in [0.29, 0.717) is 12.6 Å². The molecule has 0 bridgehead atoms. The van der Waals surface area contributed by atoms with Gasteiger partial charge >= 0.3 is 0 Å². The van der Waals surface area contributed by atoms with E-state index in [1.807, 2.05) is 6.92 Å². The zero-order valence-corrected chi connectivity index (χ0v) is 13.8. The minimum atomic E-state index is -0.501. The Labute approximate surface area is 136 Å². The lowest BCUT2D eigenvalue weighted by Gasteiger charge is -2.34. The lowest BCUT2D eigenvalue weighted by Crippen LogP contribution is -2.47. The highest BCUT2D eigenvalue weighted by Gasteiger charge is 2.21. The molecule has 128 valence electrons. The lowest BCUT2D eigenvalue weighted by molar-refractivity contribution is 0.0264. The summed E-state index contributed by atoms with van der Waals surface area (Å²) in [6.45, 7) is 4.94. The number of nitrogens with zero attached hydrogens (tertiary/aromatic N) is 2. The number of benzene rings is 1. The van der Waals surface area contributed by atoms with Gasteiger partial charge in [-0.15, -0.1) is 0 Å². The van der Waals surface area contributed by atoms with E-state index in [1.165, 1.54) is 18.2 Å². The van der Waals surface area contributed by atoms with Crippen molar-refractivity contribution in [2.24, 2.45) is 4.99 Å². The highest BCUT2D eigenvalue weighted by Crippen LogP contribution is 2.14. The Balaban J connectivity index is 1.82. The fourth-order valence-corrected chi connectivity index (χ4v) is 2.87. The monoisotopic (exact) mass is 325 g/mol. The number of hydrogen-bond acceptors (Lipinski definition) is 2. The first-order valence-corrected chi connectivity index (χ1v) is 8.15. The number of halogens is 2. The molecule has 0 atom stereocenters. The molecule has 6 heteroatoms. The standard InChI is InChI=1S/C17H25F2N3O/c1-3-23-13-8-11-22(12-9-13)17(20-2)21-10-7-14-15(18)5-4-6-16(14)19/h4-6,13H,3,7-12H2,1-2H3,(H,20,21). The van der Waals surface area contributed by atoms with Gasteiger partial charge in [-0.05, 0) is 38.3 Å². The van der Waals surface area contributed by atoms with Crippen molar-refractivity contribution in [3.8, 4) is 0 Å². The number of aliphatic imine (C=N–C) groups is 1. The summed E-state index contributed by atoms with van der Waals surface area (Å²) in [5.74, 6) is -0.227. The van der Waals surface area contributed by atoms with Crippen LogP contribution in [0, 0.1) is 11.6 Å². The molecular formula is C17H25F2N3O. The van der Waals surface area contributed by atoms with Crippen LogP contribution in [0.3, 0.4) is 0 Å². The summed E-state index contributed by atoms with van der Waals surface area (Å²) in [6, 6.07) is 3.94. The molecule has 0 saturated carbocycles. The van der Waals surface area contributed by atoms with Crippen molar-refractivity contribution in [3.05, 3.63) is 35.4 Å². The Morgan fingerprint density at radius 2 is 1.96 bits per heavy atom. The molecule has 0 aliphatic carbocycles. The smallest absolute Gasteiger partial charge is 0.193 e. The number of nitrogens with one attached hydrogen (secondary N) is 1. The molecular weight excluding hydrogens is 300 g/mol. The first-order chi connectivity index (χ1) is 11.2. The maximum Gasteiger partial charge on any atom is 0.193 e. The van der Waals surface area contributed by atoms with Gasteiger partial charge in [0.15, 0.2) is 5.96 Å². The molecule has 1 fully saturated rings. The molecule has 0 aromatic heterocycles. The minimum absolute atomic E-state index is 0.116. The summed E-state index contributed by atoms with van der Waals surface area (Å²) in [6.07, 6.45) is 2.54. The second-order valence-corrected chi connectivity index (χ2v) is 5.57. The summed E-state index contributed by atoms with van der Waals surface area (Å²) in [5, 5.41) is 3.19. The molecule has 23 heavy (non-hydrogen) atoms. The van der Waals surface area contributed by atoms with E-state index >= 15 is 0 Å². The van der Waals surface area contributed by atoms with Gasteiger partial charge in [0.2, 0.25) is 0 Å². The predicted octanol–water partition coefficient (Wildman–Crippen LogP) is 2.58. The van der Waals surface area contributed by atoms with Crippen molar-refractivity contribution >= 4 is 5.96 Å². The average Bonchev–Trinajstić information content (AvgIpc) is 2.55. The zero-order valence-electron chi connectivity index (χ0n) is 13.8. The Morgan fingerprint density at radius 1 is 1.30 bits per heavy atom. The van der Waals surface area contributed by atoms with Gasteiger partial charge in [-0.1, -0.05) is 6.07 Å². The number of rotatable bonds is 5. The molecule has 1 aromatic carbocycles. The Kier molecular flexibility index (Phi) is 6.77. The Morgan fingerprint density at radius 3 is 2.52 bits per heavy atom. The van der Waals surface area contributed by atoms with Crippen LogP contribution in [0.5, 0.6) is 0 Å². The van der Waals surface area contributed by atoms with Gasteiger partial charge < -0.3 is 15.0 Å². The van der Waals surface area contributed by atoms with Crippen LogP contribution in [0.2, 0.25) is 0 Å². The Bertz CT molecular complexity index is 508. The third kappa shape index (κ3) is 4.89.